The van der Waals surface area contributed by atoms with Crippen LogP contribution in [0.25, 0.3) is 0 Å². The van der Waals surface area contributed by atoms with Gasteiger partial charge in [-0.05, 0) is 12.8 Å². The number of carbonyl (C=O) groups excluding carboxylic acids is 1. The van der Waals surface area contributed by atoms with Gasteiger partial charge in [-0.15, -0.1) is 12.3 Å². The molecular weight excluding hydrogens is 212 g/mol. The zero-order valence-corrected chi connectivity index (χ0v) is 11.2. The van der Waals surface area contributed by atoms with Crippen molar-refractivity contribution in [3.63, 3.8) is 0 Å². The second-order valence-corrected chi connectivity index (χ2v) is 4.48. The minimum atomic E-state index is -0.169. The zero-order chi connectivity index (χ0) is 12.8. The van der Waals surface area contributed by atoms with E-state index in [1.54, 1.807) is 0 Å². The second-order valence-electron chi connectivity index (χ2n) is 4.48. The maximum absolute atomic E-state index is 10.5. The van der Waals surface area contributed by atoms with Gasteiger partial charge in [-0.2, -0.15) is 0 Å². The standard InChI is InChI=1S/C15H26O2/c1-3-4-5-6-7-8-9-10-11-12-13-14-17-15(2)16/h1H,4-14H2,2H3. The van der Waals surface area contributed by atoms with E-state index in [1.807, 2.05) is 0 Å². The van der Waals surface area contributed by atoms with Crippen molar-refractivity contribution in [2.75, 3.05) is 6.61 Å². The first-order chi connectivity index (χ1) is 8.27. The molecule has 0 atom stereocenters. The number of rotatable bonds is 11. The van der Waals surface area contributed by atoms with Crippen LogP contribution >= 0.6 is 0 Å². The molecule has 0 fully saturated rings. The van der Waals surface area contributed by atoms with Crippen LogP contribution in [0, 0.1) is 12.3 Å². The molecule has 98 valence electrons. The van der Waals surface area contributed by atoms with Crippen LogP contribution in [-0.2, 0) is 9.53 Å². The van der Waals surface area contributed by atoms with Gasteiger partial charge in [0.2, 0.25) is 0 Å². The van der Waals surface area contributed by atoms with Gasteiger partial charge in [-0.3, -0.25) is 4.79 Å². The van der Waals surface area contributed by atoms with E-state index >= 15 is 0 Å². The lowest BCUT2D eigenvalue weighted by Gasteiger charge is -2.02. The number of hydrogen-bond acceptors (Lipinski definition) is 2. The third-order valence-corrected chi connectivity index (χ3v) is 2.77. The van der Waals surface area contributed by atoms with Gasteiger partial charge in [0.15, 0.2) is 0 Å². The Morgan fingerprint density at radius 3 is 1.88 bits per heavy atom. The van der Waals surface area contributed by atoms with Gasteiger partial charge in [0.05, 0.1) is 6.61 Å². The highest BCUT2D eigenvalue weighted by Crippen LogP contribution is 2.10. The molecule has 0 heterocycles. The Labute approximate surface area is 106 Å². The van der Waals surface area contributed by atoms with Crippen LogP contribution in [0.1, 0.15) is 71.1 Å². The summed E-state index contributed by atoms with van der Waals surface area (Å²) >= 11 is 0. The number of hydrogen-bond donors (Lipinski definition) is 0. The highest BCUT2D eigenvalue weighted by atomic mass is 16.5. The Balaban J connectivity index is 2.94. The average molecular weight is 238 g/mol. The Morgan fingerprint density at radius 2 is 1.41 bits per heavy atom. The van der Waals surface area contributed by atoms with Gasteiger partial charge < -0.3 is 4.74 Å². The van der Waals surface area contributed by atoms with Crippen molar-refractivity contribution in [3.05, 3.63) is 0 Å². The molecule has 0 radical (unpaired) electrons. The van der Waals surface area contributed by atoms with Crippen LogP contribution in [0.15, 0.2) is 0 Å². The molecule has 0 saturated heterocycles. The molecule has 2 nitrogen and oxygen atoms in total. The molecule has 0 spiro atoms. The lowest BCUT2D eigenvalue weighted by molar-refractivity contribution is -0.141. The fraction of sp³-hybridized carbons (Fsp3) is 0.800. The van der Waals surface area contributed by atoms with E-state index in [-0.39, 0.29) is 5.97 Å². The third-order valence-electron chi connectivity index (χ3n) is 2.77. The van der Waals surface area contributed by atoms with Crippen LogP contribution in [0.3, 0.4) is 0 Å². The van der Waals surface area contributed by atoms with Gasteiger partial charge in [0.25, 0.3) is 0 Å². The quantitative estimate of drug-likeness (QED) is 0.308. The molecule has 0 aliphatic heterocycles. The largest absolute Gasteiger partial charge is 0.466 e. The molecule has 0 bridgehead atoms. The highest BCUT2D eigenvalue weighted by molar-refractivity contribution is 5.65. The molecule has 17 heavy (non-hydrogen) atoms. The van der Waals surface area contributed by atoms with Crippen molar-refractivity contribution in [3.8, 4) is 12.3 Å². The molecule has 0 N–H and O–H groups in total. The first kappa shape index (κ1) is 16.0. The fourth-order valence-corrected chi connectivity index (χ4v) is 1.78. The van der Waals surface area contributed by atoms with Crippen LogP contribution in [0.5, 0.6) is 0 Å². The first-order valence-electron chi connectivity index (χ1n) is 6.84. The SMILES string of the molecule is C#CCCCCCCCCCCCOC(C)=O. The van der Waals surface area contributed by atoms with Crippen molar-refractivity contribution in [2.24, 2.45) is 0 Å². The number of unbranched alkanes of at least 4 members (excludes halogenated alkanes) is 9. The second kappa shape index (κ2) is 13.1. The van der Waals surface area contributed by atoms with Crippen molar-refractivity contribution >= 4 is 5.97 Å². The van der Waals surface area contributed by atoms with E-state index in [2.05, 4.69) is 5.92 Å². The summed E-state index contributed by atoms with van der Waals surface area (Å²) in [5.74, 6) is 2.50. The monoisotopic (exact) mass is 238 g/mol. The minimum absolute atomic E-state index is 0.169. The summed E-state index contributed by atoms with van der Waals surface area (Å²) in [7, 11) is 0. The van der Waals surface area contributed by atoms with Gasteiger partial charge in [0, 0.05) is 13.3 Å². The van der Waals surface area contributed by atoms with Crippen LogP contribution < -0.4 is 0 Å². The summed E-state index contributed by atoms with van der Waals surface area (Å²) in [4.78, 5) is 10.5. The Morgan fingerprint density at radius 1 is 0.941 bits per heavy atom. The summed E-state index contributed by atoms with van der Waals surface area (Å²) in [5.41, 5.74) is 0. The van der Waals surface area contributed by atoms with Gasteiger partial charge >= 0.3 is 5.97 Å². The maximum Gasteiger partial charge on any atom is 0.302 e. The van der Waals surface area contributed by atoms with Gasteiger partial charge in [0.1, 0.15) is 0 Å². The number of terminal acetylenes is 1. The summed E-state index contributed by atoms with van der Waals surface area (Å²) in [6.07, 6.45) is 17.3. The van der Waals surface area contributed by atoms with Crippen LogP contribution in [-0.4, -0.2) is 12.6 Å². The molecule has 0 aromatic heterocycles. The van der Waals surface area contributed by atoms with Crippen LogP contribution in [0.4, 0.5) is 0 Å². The molecule has 0 aromatic rings. The molecule has 0 aliphatic carbocycles. The Kier molecular flexibility index (Phi) is 12.3. The smallest absolute Gasteiger partial charge is 0.302 e. The predicted octanol–water partition coefficient (Wildman–Crippen LogP) is 4.08. The molecule has 0 unspecified atom stereocenters. The molecule has 0 aliphatic rings. The fourth-order valence-electron chi connectivity index (χ4n) is 1.78. The molecule has 0 amide bonds. The molecular formula is C15H26O2. The Hall–Kier alpha value is -0.970. The summed E-state index contributed by atoms with van der Waals surface area (Å²) in [5, 5.41) is 0. The van der Waals surface area contributed by atoms with E-state index in [0.717, 1.165) is 12.8 Å². The van der Waals surface area contributed by atoms with Crippen molar-refractivity contribution in [1.82, 2.24) is 0 Å². The van der Waals surface area contributed by atoms with E-state index in [9.17, 15) is 4.79 Å². The normalized spacial score (nSPS) is 9.88. The van der Waals surface area contributed by atoms with E-state index in [1.165, 1.54) is 58.3 Å². The molecule has 0 saturated carbocycles. The lowest BCUT2D eigenvalue weighted by Crippen LogP contribution is -2.00. The van der Waals surface area contributed by atoms with E-state index in [4.69, 9.17) is 11.2 Å². The zero-order valence-electron chi connectivity index (χ0n) is 11.2. The predicted molar refractivity (Wildman–Crippen MR) is 71.6 cm³/mol. The van der Waals surface area contributed by atoms with E-state index < -0.39 is 0 Å². The summed E-state index contributed by atoms with van der Waals surface area (Å²) in [6, 6.07) is 0. The molecule has 2 heteroatoms. The summed E-state index contributed by atoms with van der Waals surface area (Å²) < 4.78 is 4.87. The van der Waals surface area contributed by atoms with Gasteiger partial charge in [-0.1, -0.05) is 44.9 Å². The number of carbonyl (C=O) groups is 1. The highest BCUT2D eigenvalue weighted by Gasteiger charge is 1.94. The number of ether oxygens (including phenoxy) is 1. The number of esters is 1. The Bertz CT molecular complexity index is 215. The van der Waals surface area contributed by atoms with Gasteiger partial charge in [-0.25, -0.2) is 0 Å². The van der Waals surface area contributed by atoms with Crippen LogP contribution in [0.2, 0.25) is 0 Å². The minimum Gasteiger partial charge on any atom is -0.466 e. The topological polar surface area (TPSA) is 26.3 Å². The van der Waals surface area contributed by atoms with E-state index in [0.29, 0.717) is 6.61 Å². The first-order valence-corrected chi connectivity index (χ1v) is 6.84. The maximum atomic E-state index is 10.5. The lowest BCUT2D eigenvalue weighted by atomic mass is 10.1. The average Bonchev–Trinajstić information content (AvgIpc) is 2.30. The van der Waals surface area contributed by atoms with Crippen molar-refractivity contribution < 1.29 is 9.53 Å². The van der Waals surface area contributed by atoms with Crippen molar-refractivity contribution in [1.29, 1.82) is 0 Å². The van der Waals surface area contributed by atoms with Crippen molar-refractivity contribution in [2.45, 2.75) is 71.1 Å². The third kappa shape index (κ3) is 15.0. The molecule has 0 rings (SSSR count). The summed E-state index contributed by atoms with van der Waals surface area (Å²) in [6.45, 7) is 2.04. The molecule has 0 aromatic carbocycles.